The first-order chi connectivity index (χ1) is 6.33. The van der Waals surface area contributed by atoms with Gasteiger partial charge in [0.2, 0.25) is 0 Å². The number of rotatable bonds is 1. The van der Waals surface area contributed by atoms with E-state index < -0.39 is 0 Å². The summed E-state index contributed by atoms with van der Waals surface area (Å²) in [6.45, 7) is 0.571. The van der Waals surface area contributed by atoms with Crippen molar-refractivity contribution >= 4 is 21.4 Å². The van der Waals surface area contributed by atoms with Crippen molar-refractivity contribution in [2.24, 2.45) is 5.73 Å². The molecule has 0 saturated heterocycles. The van der Waals surface area contributed by atoms with E-state index in [1.54, 1.807) is 11.3 Å². The number of fused-ring (bicyclic) bond motifs is 1. The van der Waals surface area contributed by atoms with E-state index >= 15 is 0 Å². The average molecular weight is 188 g/mol. The Hall–Kier alpha value is -1.37. The molecule has 0 bridgehead atoms. The molecule has 2 rings (SSSR count). The van der Waals surface area contributed by atoms with Gasteiger partial charge in [0.15, 0.2) is 0 Å². The number of hydrogen-bond acceptors (Lipinski definition) is 3. The summed E-state index contributed by atoms with van der Waals surface area (Å²) in [6.07, 6.45) is 0. The first-order valence-corrected chi connectivity index (χ1v) is 4.78. The van der Waals surface area contributed by atoms with Crippen molar-refractivity contribution in [2.75, 3.05) is 0 Å². The molecule has 1 heterocycles. The van der Waals surface area contributed by atoms with E-state index in [4.69, 9.17) is 11.0 Å². The van der Waals surface area contributed by atoms with E-state index in [0.717, 1.165) is 9.58 Å². The van der Waals surface area contributed by atoms with Gasteiger partial charge < -0.3 is 5.73 Å². The molecule has 2 aromatic rings. The lowest BCUT2D eigenvalue weighted by Crippen LogP contribution is -1.90. The maximum Gasteiger partial charge on any atom is 0.0992 e. The summed E-state index contributed by atoms with van der Waals surface area (Å²) in [5, 5.41) is 9.86. The molecular formula is C10H8N2S. The van der Waals surface area contributed by atoms with Crippen LogP contribution in [-0.4, -0.2) is 0 Å². The summed E-state index contributed by atoms with van der Waals surface area (Å²) < 4.78 is 1.14. The molecule has 3 heteroatoms. The van der Waals surface area contributed by atoms with Gasteiger partial charge in [-0.25, -0.2) is 0 Å². The minimum absolute atomic E-state index is 0.571. The third kappa shape index (κ3) is 1.42. The van der Waals surface area contributed by atoms with Crippen LogP contribution in [0.15, 0.2) is 24.3 Å². The van der Waals surface area contributed by atoms with Crippen molar-refractivity contribution in [3.63, 3.8) is 0 Å². The highest BCUT2D eigenvalue weighted by atomic mass is 32.1. The molecule has 1 aromatic carbocycles. The summed E-state index contributed by atoms with van der Waals surface area (Å²) in [5.41, 5.74) is 6.24. The number of thiophene rings is 1. The van der Waals surface area contributed by atoms with E-state index in [9.17, 15) is 0 Å². The smallest absolute Gasteiger partial charge is 0.0992 e. The molecule has 0 unspecified atom stereocenters. The van der Waals surface area contributed by atoms with Crippen molar-refractivity contribution in [1.29, 1.82) is 5.26 Å². The lowest BCUT2D eigenvalue weighted by atomic mass is 10.2. The van der Waals surface area contributed by atoms with E-state index in [1.165, 1.54) is 5.39 Å². The normalized spacial score (nSPS) is 10.2. The van der Waals surface area contributed by atoms with E-state index in [1.807, 2.05) is 18.2 Å². The predicted molar refractivity (Wildman–Crippen MR) is 54.4 cm³/mol. The van der Waals surface area contributed by atoms with Gasteiger partial charge in [0.25, 0.3) is 0 Å². The minimum Gasteiger partial charge on any atom is -0.326 e. The molecular weight excluding hydrogens is 180 g/mol. The lowest BCUT2D eigenvalue weighted by Gasteiger charge is -1.87. The number of nitriles is 1. The molecule has 0 amide bonds. The molecule has 2 N–H and O–H groups in total. The largest absolute Gasteiger partial charge is 0.326 e. The van der Waals surface area contributed by atoms with Gasteiger partial charge in [-0.3, -0.25) is 0 Å². The molecule has 13 heavy (non-hydrogen) atoms. The van der Waals surface area contributed by atoms with Gasteiger partial charge in [-0.1, -0.05) is 6.07 Å². The van der Waals surface area contributed by atoms with E-state index in [-0.39, 0.29) is 0 Å². The zero-order valence-electron chi connectivity index (χ0n) is 6.95. The van der Waals surface area contributed by atoms with Gasteiger partial charge in [0.1, 0.15) is 0 Å². The zero-order chi connectivity index (χ0) is 9.26. The maximum absolute atomic E-state index is 8.69. The number of benzene rings is 1. The Balaban J connectivity index is 2.65. The molecule has 0 radical (unpaired) electrons. The van der Waals surface area contributed by atoms with Crippen molar-refractivity contribution in [3.8, 4) is 6.07 Å². The molecule has 0 atom stereocenters. The van der Waals surface area contributed by atoms with Crippen LogP contribution in [0.1, 0.15) is 10.4 Å². The first-order valence-electron chi connectivity index (χ1n) is 3.96. The summed E-state index contributed by atoms with van der Waals surface area (Å²) in [5.74, 6) is 0. The fourth-order valence-electron chi connectivity index (χ4n) is 1.26. The van der Waals surface area contributed by atoms with Crippen LogP contribution in [-0.2, 0) is 6.54 Å². The highest BCUT2D eigenvalue weighted by Crippen LogP contribution is 2.25. The molecule has 0 spiro atoms. The first kappa shape index (κ1) is 8.24. The quantitative estimate of drug-likeness (QED) is 0.746. The van der Waals surface area contributed by atoms with Gasteiger partial charge in [0.05, 0.1) is 11.6 Å². The Kier molecular flexibility index (Phi) is 2.01. The average Bonchev–Trinajstić information content (AvgIpc) is 2.58. The van der Waals surface area contributed by atoms with Gasteiger partial charge in [-0.2, -0.15) is 5.26 Å². The van der Waals surface area contributed by atoms with Crippen molar-refractivity contribution in [2.45, 2.75) is 6.54 Å². The van der Waals surface area contributed by atoms with E-state index in [2.05, 4.69) is 12.1 Å². The highest BCUT2D eigenvalue weighted by Gasteiger charge is 2.00. The number of hydrogen-bond donors (Lipinski definition) is 1. The van der Waals surface area contributed by atoms with Gasteiger partial charge in [-0.15, -0.1) is 11.3 Å². The van der Waals surface area contributed by atoms with Crippen LogP contribution >= 0.6 is 11.3 Å². The number of nitrogens with zero attached hydrogens (tertiary/aromatic N) is 1. The Morgan fingerprint density at radius 1 is 1.38 bits per heavy atom. The van der Waals surface area contributed by atoms with Crippen molar-refractivity contribution in [1.82, 2.24) is 0 Å². The van der Waals surface area contributed by atoms with Gasteiger partial charge in [0, 0.05) is 16.1 Å². The third-order valence-electron chi connectivity index (χ3n) is 1.90. The fraction of sp³-hybridized carbons (Fsp3) is 0.100. The monoisotopic (exact) mass is 188 g/mol. The maximum atomic E-state index is 8.69. The highest BCUT2D eigenvalue weighted by molar-refractivity contribution is 7.19. The summed E-state index contributed by atoms with van der Waals surface area (Å²) >= 11 is 1.65. The van der Waals surface area contributed by atoms with Crippen LogP contribution in [0.3, 0.4) is 0 Å². The summed E-state index contributed by atoms with van der Waals surface area (Å²) in [4.78, 5) is 1.16. The van der Waals surface area contributed by atoms with Gasteiger partial charge >= 0.3 is 0 Å². The van der Waals surface area contributed by atoms with Crippen LogP contribution in [0, 0.1) is 11.3 Å². The molecule has 2 nitrogen and oxygen atoms in total. The van der Waals surface area contributed by atoms with Crippen LogP contribution in [0.2, 0.25) is 0 Å². The van der Waals surface area contributed by atoms with Crippen LogP contribution in [0.25, 0.3) is 10.1 Å². The summed E-state index contributed by atoms with van der Waals surface area (Å²) in [7, 11) is 0. The molecule has 0 aliphatic carbocycles. The second-order valence-corrected chi connectivity index (χ2v) is 3.95. The zero-order valence-corrected chi connectivity index (χ0v) is 7.77. The summed E-state index contributed by atoms with van der Waals surface area (Å²) in [6, 6.07) is 9.88. The van der Waals surface area contributed by atoms with Crippen molar-refractivity contribution in [3.05, 3.63) is 34.7 Å². The second-order valence-electron chi connectivity index (χ2n) is 2.78. The number of nitrogens with two attached hydrogens (primary N) is 1. The second kappa shape index (κ2) is 3.17. The predicted octanol–water partition coefficient (Wildman–Crippen LogP) is 2.23. The molecule has 0 aliphatic heterocycles. The molecule has 64 valence electrons. The molecule has 0 aliphatic rings. The Labute approximate surface area is 80.2 Å². The molecule has 1 aromatic heterocycles. The lowest BCUT2D eigenvalue weighted by molar-refractivity contribution is 1.11. The van der Waals surface area contributed by atoms with Crippen molar-refractivity contribution < 1.29 is 0 Å². The van der Waals surface area contributed by atoms with Crippen LogP contribution in [0.4, 0.5) is 0 Å². The fourth-order valence-corrected chi connectivity index (χ4v) is 2.24. The minimum atomic E-state index is 0.571. The molecule has 0 saturated carbocycles. The Bertz CT molecular complexity index is 479. The SMILES string of the molecule is N#Cc1ccc2cc(CN)sc2c1. The van der Waals surface area contributed by atoms with Gasteiger partial charge in [-0.05, 0) is 23.6 Å². The Morgan fingerprint density at radius 2 is 2.23 bits per heavy atom. The molecule has 0 fully saturated rings. The topological polar surface area (TPSA) is 49.8 Å². The standard InChI is InChI=1S/C10H8N2S/c11-5-7-1-2-8-4-9(6-12)13-10(8)3-7/h1-4H,6,12H2. The third-order valence-corrected chi connectivity index (χ3v) is 3.02. The Morgan fingerprint density at radius 3 is 2.92 bits per heavy atom. The van der Waals surface area contributed by atoms with Crippen LogP contribution < -0.4 is 5.73 Å². The van der Waals surface area contributed by atoms with Crippen LogP contribution in [0.5, 0.6) is 0 Å². The van der Waals surface area contributed by atoms with E-state index in [0.29, 0.717) is 12.1 Å².